The van der Waals surface area contributed by atoms with Gasteiger partial charge in [0.1, 0.15) is 5.82 Å². The second-order valence-electron chi connectivity index (χ2n) is 8.44. The van der Waals surface area contributed by atoms with E-state index in [1.807, 2.05) is 32.6 Å². The van der Waals surface area contributed by atoms with Crippen LogP contribution in [0.2, 0.25) is 0 Å². The summed E-state index contributed by atoms with van der Waals surface area (Å²) in [4.78, 5) is 24.0. The van der Waals surface area contributed by atoms with Crippen LogP contribution in [0, 0.1) is 17.5 Å². The van der Waals surface area contributed by atoms with Crippen LogP contribution in [0.4, 0.5) is 24.7 Å². The summed E-state index contributed by atoms with van der Waals surface area (Å²) in [5.41, 5.74) is 1.82. The summed E-state index contributed by atoms with van der Waals surface area (Å²) in [7, 11) is 0. The number of halogens is 3. The average molecular weight is 550 g/mol. The monoisotopic (exact) mass is 549 g/mol. The number of carbonyl (C=O) groups excluding carboxylic acids is 1. The molecule has 1 fully saturated rings. The van der Waals surface area contributed by atoms with Gasteiger partial charge in [0.15, 0.2) is 17.5 Å². The number of anilines is 2. The van der Waals surface area contributed by atoms with E-state index < -0.39 is 35.5 Å². The minimum absolute atomic E-state index is 0.0308. The van der Waals surface area contributed by atoms with Gasteiger partial charge in [0.05, 0.1) is 42.6 Å². The number of benzene rings is 2. The van der Waals surface area contributed by atoms with Crippen molar-refractivity contribution >= 4 is 28.4 Å². The molecule has 2 heterocycles. The molecule has 3 aromatic rings. The van der Waals surface area contributed by atoms with E-state index in [4.69, 9.17) is 9.72 Å². The second kappa shape index (κ2) is 15.2. The molecule has 1 aromatic heterocycles. The van der Waals surface area contributed by atoms with E-state index in [9.17, 15) is 23.1 Å². The minimum atomic E-state index is -1.55. The zero-order valence-corrected chi connectivity index (χ0v) is 23.3. The van der Waals surface area contributed by atoms with Gasteiger partial charge in [0.2, 0.25) is 0 Å². The maximum atomic E-state index is 13.8. The van der Waals surface area contributed by atoms with Crippen LogP contribution in [0.5, 0.6) is 0 Å². The number of fused-ring (bicyclic) bond motifs is 1. The van der Waals surface area contributed by atoms with Crippen molar-refractivity contribution in [3.63, 3.8) is 0 Å². The third-order valence-corrected chi connectivity index (χ3v) is 5.65. The van der Waals surface area contributed by atoms with Gasteiger partial charge in [-0.15, -0.1) is 0 Å². The minimum Gasteiger partial charge on any atom is -0.392 e. The number of hydrogen-bond acceptors (Lipinski definition) is 7. The number of rotatable bonds is 7. The molecule has 8 nitrogen and oxygen atoms in total. The second-order valence-corrected chi connectivity index (χ2v) is 8.44. The van der Waals surface area contributed by atoms with Crippen LogP contribution in [0.15, 0.2) is 30.5 Å². The van der Waals surface area contributed by atoms with Crippen LogP contribution in [0.3, 0.4) is 0 Å². The summed E-state index contributed by atoms with van der Waals surface area (Å²) in [6.07, 6.45) is 0.899. The molecule has 0 bridgehead atoms. The standard InChI is InChI=1S/C24H26F3N5O3.2C2H6/c1-13(33)11-29-24(34)15-7-17(14(2)30-16-9-18(25)22(27)19(26)10-16)23-20(8-15)28-12-21(31-23)32-3-5-35-6-4-32;2*1-2/h7-10,12-14,30,33H,3-6,11H2,1-2H3,(H,29,34);2*1-2H3/t13-,14?;;/m1../s1. The lowest BCUT2D eigenvalue weighted by Gasteiger charge is -2.28. The highest BCUT2D eigenvalue weighted by atomic mass is 19.2. The molecule has 0 spiro atoms. The van der Waals surface area contributed by atoms with Gasteiger partial charge in [-0.25, -0.2) is 18.2 Å². The van der Waals surface area contributed by atoms with Gasteiger partial charge in [-0.2, -0.15) is 0 Å². The van der Waals surface area contributed by atoms with Gasteiger partial charge in [-0.1, -0.05) is 27.7 Å². The number of aromatic nitrogens is 2. The summed E-state index contributed by atoms with van der Waals surface area (Å²) >= 11 is 0. The zero-order chi connectivity index (χ0) is 29.1. The largest absolute Gasteiger partial charge is 0.392 e. The molecule has 3 N–H and O–H groups in total. The van der Waals surface area contributed by atoms with Crippen molar-refractivity contribution in [2.75, 3.05) is 43.1 Å². The smallest absolute Gasteiger partial charge is 0.251 e. The molecule has 0 aliphatic carbocycles. The maximum Gasteiger partial charge on any atom is 0.251 e. The van der Waals surface area contributed by atoms with Crippen LogP contribution in [0.25, 0.3) is 11.0 Å². The number of nitrogens with zero attached hydrogens (tertiary/aromatic N) is 3. The van der Waals surface area contributed by atoms with Crippen LogP contribution < -0.4 is 15.5 Å². The summed E-state index contributed by atoms with van der Waals surface area (Å²) in [6, 6.07) is 4.35. The van der Waals surface area contributed by atoms with Crippen molar-refractivity contribution in [3.05, 3.63) is 59.0 Å². The Bertz CT molecular complexity index is 1210. The van der Waals surface area contributed by atoms with Crippen molar-refractivity contribution in [1.29, 1.82) is 0 Å². The fourth-order valence-corrected chi connectivity index (χ4v) is 3.85. The van der Waals surface area contributed by atoms with Gasteiger partial charge in [-0.05, 0) is 26.0 Å². The Kier molecular flexibility index (Phi) is 12.4. The summed E-state index contributed by atoms with van der Waals surface area (Å²) in [5, 5.41) is 15.1. The van der Waals surface area contributed by atoms with Crippen molar-refractivity contribution in [2.24, 2.45) is 0 Å². The van der Waals surface area contributed by atoms with Crippen molar-refractivity contribution in [2.45, 2.75) is 53.7 Å². The molecule has 1 unspecified atom stereocenters. The van der Waals surface area contributed by atoms with Gasteiger partial charge < -0.3 is 25.4 Å². The molecule has 0 saturated carbocycles. The van der Waals surface area contributed by atoms with Crippen molar-refractivity contribution in [1.82, 2.24) is 15.3 Å². The molecule has 1 amide bonds. The Labute approximate surface area is 227 Å². The number of carbonyl (C=O) groups is 1. The van der Waals surface area contributed by atoms with E-state index in [1.54, 1.807) is 32.2 Å². The Morgan fingerprint density at radius 1 is 1.05 bits per heavy atom. The first kappa shape index (κ1) is 31.8. The van der Waals surface area contributed by atoms with Gasteiger partial charge >= 0.3 is 0 Å². The first-order valence-corrected chi connectivity index (χ1v) is 13.2. The third kappa shape index (κ3) is 8.27. The molecular formula is C28H38F3N5O3. The van der Waals surface area contributed by atoms with Crippen LogP contribution >= 0.6 is 0 Å². The Balaban J connectivity index is 0.00000127. The molecule has 1 aliphatic rings. The molecular weight excluding hydrogens is 511 g/mol. The number of nitrogens with one attached hydrogen (secondary N) is 2. The van der Waals surface area contributed by atoms with Gasteiger partial charge in [0, 0.05) is 48.6 Å². The fraction of sp³-hybridized carbons (Fsp3) is 0.464. The summed E-state index contributed by atoms with van der Waals surface area (Å²) in [6.45, 7) is 13.8. The SMILES string of the molecule is CC.CC.CC(Nc1cc(F)c(F)c(F)c1)c1cc(C(=O)NC[C@@H](C)O)cc2ncc(N3CCOCC3)nc12. The van der Waals surface area contributed by atoms with E-state index >= 15 is 0 Å². The number of aliphatic hydroxyl groups excluding tert-OH is 1. The topological polar surface area (TPSA) is 99.6 Å². The summed E-state index contributed by atoms with van der Waals surface area (Å²) in [5.74, 6) is -3.96. The average Bonchev–Trinajstić information content (AvgIpc) is 2.96. The predicted octanol–water partition coefficient (Wildman–Crippen LogP) is 5.22. The molecule has 11 heteroatoms. The molecule has 39 heavy (non-hydrogen) atoms. The highest BCUT2D eigenvalue weighted by molar-refractivity contribution is 5.98. The highest BCUT2D eigenvalue weighted by Crippen LogP contribution is 2.29. The van der Waals surface area contributed by atoms with Gasteiger partial charge in [0.25, 0.3) is 5.91 Å². The molecule has 2 aromatic carbocycles. The van der Waals surface area contributed by atoms with Gasteiger partial charge in [-0.3, -0.25) is 9.78 Å². The fourth-order valence-electron chi connectivity index (χ4n) is 3.85. The Hall–Kier alpha value is -3.44. The Morgan fingerprint density at radius 2 is 1.67 bits per heavy atom. The normalized spacial score (nSPS) is 14.4. The van der Waals surface area contributed by atoms with E-state index in [1.165, 1.54) is 0 Å². The molecule has 2 atom stereocenters. The number of morpholine rings is 1. The molecule has 1 saturated heterocycles. The number of aliphatic hydroxyl groups is 1. The summed E-state index contributed by atoms with van der Waals surface area (Å²) < 4.78 is 46.3. The lowest BCUT2D eigenvalue weighted by atomic mass is 10.0. The van der Waals surface area contributed by atoms with E-state index in [0.717, 1.165) is 12.1 Å². The molecule has 0 radical (unpaired) electrons. The van der Waals surface area contributed by atoms with Crippen LogP contribution in [-0.4, -0.2) is 59.9 Å². The number of ether oxygens (including phenoxy) is 1. The lowest BCUT2D eigenvalue weighted by molar-refractivity contribution is 0.0924. The number of amides is 1. The molecule has 214 valence electrons. The van der Waals surface area contributed by atoms with E-state index in [-0.39, 0.29) is 17.8 Å². The number of hydrogen-bond donors (Lipinski definition) is 3. The van der Waals surface area contributed by atoms with E-state index in [2.05, 4.69) is 15.6 Å². The molecule has 1 aliphatic heterocycles. The van der Waals surface area contributed by atoms with Crippen LogP contribution in [0.1, 0.15) is 63.5 Å². The lowest BCUT2D eigenvalue weighted by Crippen LogP contribution is -2.36. The highest BCUT2D eigenvalue weighted by Gasteiger charge is 2.20. The maximum absolute atomic E-state index is 13.8. The first-order chi connectivity index (χ1) is 18.7. The predicted molar refractivity (Wildman–Crippen MR) is 148 cm³/mol. The zero-order valence-electron chi connectivity index (χ0n) is 23.3. The van der Waals surface area contributed by atoms with Crippen LogP contribution in [-0.2, 0) is 4.74 Å². The van der Waals surface area contributed by atoms with Crippen molar-refractivity contribution in [3.8, 4) is 0 Å². The molecule has 4 rings (SSSR count). The third-order valence-electron chi connectivity index (χ3n) is 5.65. The first-order valence-electron chi connectivity index (χ1n) is 13.2. The quantitative estimate of drug-likeness (QED) is 0.348. The van der Waals surface area contributed by atoms with Crippen molar-refractivity contribution < 1.29 is 27.8 Å². The Morgan fingerprint density at radius 3 is 2.26 bits per heavy atom. The van der Waals surface area contributed by atoms with E-state index in [0.29, 0.717) is 48.7 Å².